The predicted molar refractivity (Wildman–Crippen MR) is 39.2 cm³/mol. The van der Waals surface area contributed by atoms with E-state index in [9.17, 15) is 5.11 Å². The van der Waals surface area contributed by atoms with Crippen molar-refractivity contribution in [2.75, 3.05) is 14.1 Å². The van der Waals surface area contributed by atoms with Crippen LogP contribution in [-0.2, 0) is 0 Å². The van der Waals surface area contributed by atoms with Crippen molar-refractivity contribution < 1.29 is 5.11 Å². The number of aliphatic hydroxyl groups is 1. The van der Waals surface area contributed by atoms with Crippen molar-refractivity contribution in [3.63, 3.8) is 0 Å². The van der Waals surface area contributed by atoms with Gasteiger partial charge in [0.05, 0.1) is 0 Å². The van der Waals surface area contributed by atoms with Gasteiger partial charge in [-0.3, -0.25) is 4.90 Å². The fraction of sp³-hybridized carbons (Fsp3) is 1.00. The molecule has 1 unspecified atom stereocenters. The van der Waals surface area contributed by atoms with E-state index in [0.29, 0.717) is 0 Å². The van der Waals surface area contributed by atoms with Crippen LogP contribution in [0.3, 0.4) is 0 Å². The van der Waals surface area contributed by atoms with Crippen LogP contribution in [0.2, 0.25) is 0 Å². The summed E-state index contributed by atoms with van der Waals surface area (Å²) in [5, 5.41) is 9.18. The van der Waals surface area contributed by atoms with Gasteiger partial charge in [0.1, 0.15) is 6.23 Å². The van der Waals surface area contributed by atoms with Crippen LogP contribution in [-0.4, -0.2) is 30.3 Å². The maximum absolute atomic E-state index is 9.18. The minimum Gasteiger partial charge on any atom is -0.378 e. The van der Waals surface area contributed by atoms with Crippen LogP contribution in [0.15, 0.2) is 0 Å². The molecule has 0 radical (unpaired) electrons. The molecule has 0 aliphatic heterocycles. The number of rotatable bonds is 4. The molecule has 0 aliphatic rings. The summed E-state index contributed by atoms with van der Waals surface area (Å²) in [6, 6.07) is 0. The lowest BCUT2D eigenvalue weighted by Crippen LogP contribution is -2.26. The van der Waals surface area contributed by atoms with Crippen molar-refractivity contribution in [3.8, 4) is 0 Å². The smallest absolute Gasteiger partial charge is 0.106 e. The standard InChI is InChI=1S/C7H17NO/c1-4-5-6-7(9)8(2)3/h7,9H,4-6H2,1-3H3. The van der Waals surface area contributed by atoms with E-state index in [1.165, 1.54) is 0 Å². The van der Waals surface area contributed by atoms with E-state index in [1.54, 1.807) is 0 Å². The van der Waals surface area contributed by atoms with Crippen LogP contribution >= 0.6 is 0 Å². The molecule has 0 amide bonds. The van der Waals surface area contributed by atoms with Crippen LogP contribution < -0.4 is 0 Å². The summed E-state index contributed by atoms with van der Waals surface area (Å²) in [6.45, 7) is 2.13. The summed E-state index contributed by atoms with van der Waals surface area (Å²) in [7, 11) is 3.78. The highest BCUT2D eigenvalue weighted by molar-refractivity contribution is 4.49. The van der Waals surface area contributed by atoms with Gasteiger partial charge in [0, 0.05) is 0 Å². The Hall–Kier alpha value is -0.0800. The highest BCUT2D eigenvalue weighted by atomic mass is 16.3. The number of nitrogens with zero attached hydrogens (tertiary/aromatic N) is 1. The molecule has 0 aliphatic carbocycles. The zero-order chi connectivity index (χ0) is 7.28. The molecule has 0 spiro atoms. The topological polar surface area (TPSA) is 23.5 Å². The van der Waals surface area contributed by atoms with E-state index in [0.717, 1.165) is 19.3 Å². The zero-order valence-corrected chi connectivity index (χ0v) is 6.59. The van der Waals surface area contributed by atoms with Crippen molar-refractivity contribution in [3.05, 3.63) is 0 Å². The van der Waals surface area contributed by atoms with Gasteiger partial charge in [-0.25, -0.2) is 0 Å². The average molecular weight is 131 g/mol. The van der Waals surface area contributed by atoms with Gasteiger partial charge < -0.3 is 5.11 Å². The highest BCUT2D eigenvalue weighted by Gasteiger charge is 2.03. The Bertz CT molecular complexity index is 63.9. The molecular weight excluding hydrogens is 114 g/mol. The molecule has 1 atom stereocenters. The van der Waals surface area contributed by atoms with Crippen LogP contribution in [0.4, 0.5) is 0 Å². The summed E-state index contributed by atoms with van der Waals surface area (Å²) in [5.74, 6) is 0. The first-order chi connectivity index (χ1) is 4.18. The summed E-state index contributed by atoms with van der Waals surface area (Å²) in [5.41, 5.74) is 0. The largest absolute Gasteiger partial charge is 0.378 e. The summed E-state index contributed by atoms with van der Waals surface area (Å²) < 4.78 is 0. The first kappa shape index (κ1) is 8.92. The van der Waals surface area contributed by atoms with E-state index < -0.39 is 0 Å². The molecule has 0 saturated heterocycles. The first-order valence-electron chi connectivity index (χ1n) is 3.53. The van der Waals surface area contributed by atoms with Gasteiger partial charge in [-0.05, 0) is 26.9 Å². The van der Waals surface area contributed by atoms with Gasteiger partial charge >= 0.3 is 0 Å². The fourth-order valence-corrected chi connectivity index (χ4v) is 0.645. The number of hydrogen-bond acceptors (Lipinski definition) is 2. The van der Waals surface area contributed by atoms with Crippen LogP contribution in [0.1, 0.15) is 26.2 Å². The van der Waals surface area contributed by atoms with E-state index in [4.69, 9.17) is 0 Å². The SMILES string of the molecule is CCCCC(O)N(C)C. The molecule has 1 N–H and O–H groups in total. The molecule has 9 heavy (non-hydrogen) atoms. The number of aliphatic hydroxyl groups excluding tert-OH is 1. The number of hydrogen-bond donors (Lipinski definition) is 1. The Kier molecular flexibility index (Phi) is 4.72. The molecule has 2 nitrogen and oxygen atoms in total. The van der Waals surface area contributed by atoms with Gasteiger partial charge in [-0.2, -0.15) is 0 Å². The van der Waals surface area contributed by atoms with E-state index in [2.05, 4.69) is 6.92 Å². The Balaban J connectivity index is 3.16. The normalized spacial score (nSPS) is 14.3. The summed E-state index contributed by atoms with van der Waals surface area (Å²) in [6.07, 6.45) is 2.92. The summed E-state index contributed by atoms with van der Waals surface area (Å²) in [4.78, 5) is 1.83. The van der Waals surface area contributed by atoms with Crippen molar-refractivity contribution in [2.24, 2.45) is 0 Å². The Morgan fingerprint density at radius 3 is 2.33 bits per heavy atom. The second-order valence-corrected chi connectivity index (χ2v) is 2.59. The predicted octanol–water partition coefficient (Wildman–Crippen LogP) is 1.06. The highest BCUT2D eigenvalue weighted by Crippen LogP contribution is 2.00. The van der Waals surface area contributed by atoms with Crippen LogP contribution in [0, 0.1) is 0 Å². The first-order valence-corrected chi connectivity index (χ1v) is 3.53. The summed E-state index contributed by atoms with van der Waals surface area (Å²) >= 11 is 0. The lowest BCUT2D eigenvalue weighted by molar-refractivity contribution is 0.0317. The molecule has 0 heterocycles. The van der Waals surface area contributed by atoms with Crippen molar-refractivity contribution in [1.29, 1.82) is 0 Å². The molecule has 0 bridgehead atoms. The Morgan fingerprint density at radius 1 is 1.44 bits per heavy atom. The van der Waals surface area contributed by atoms with Gasteiger partial charge in [0.2, 0.25) is 0 Å². The maximum atomic E-state index is 9.18. The van der Waals surface area contributed by atoms with E-state index >= 15 is 0 Å². The monoisotopic (exact) mass is 131 g/mol. The maximum Gasteiger partial charge on any atom is 0.106 e. The number of unbranched alkanes of at least 4 members (excludes halogenated alkanes) is 1. The quantitative estimate of drug-likeness (QED) is 0.577. The third-order valence-corrected chi connectivity index (χ3v) is 1.41. The van der Waals surface area contributed by atoms with Crippen molar-refractivity contribution >= 4 is 0 Å². The second kappa shape index (κ2) is 4.77. The van der Waals surface area contributed by atoms with E-state index in [-0.39, 0.29) is 6.23 Å². The fourth-order valence-electron chi connectivity index (χ4n) is 0.645. The molecule has 2 heteroatoms. The van der Waals surface area contributed by atoms with Crippen LogP contribution in [0.5, 0.6) is 0 Å². The van der Waals surface area contributed by atoms with Crippen molar-refractivity contribution in [2.45, 2.75) is 32.4 Å². The molecule has 0 saturated carbocycles. The zero-order valence-electron chi connectivity index (χ0n) is 6.59. The minimum absolute atomic E-state index is 0.245. The van der Waals surface area contributed by atoms with E-state index in [1.807, 2.05) is 19.0 Å². The third kappa shape index (κ3) is 4.43. The molecular formula is C7H17NO. The lowest BCUT2D eigenvalue weighted by Gasteiger charge is -2.17. The Labute approximate surface area is 57.5 Å². The molecule has 0 aromatic heterocycles. The molecule has 0 aromatic rings. The Morgan fingerprint density at radius 2 is 2.00 bits per heavy atom. The van der Waals surface area contributed by atoms with Gasteiger partial charge in [-0.1, -0.05) is 13.3 Å². The lowest BCUT2D eigenvalue weighted by atomic mass is 10.2. The third-order valence-electron chi connectivity index (χ3n) is 1.41. The second-order valence-electron chi connectivity index (χ2n) is 2.59. The van der Waals surface area contributed by atoms with Crippen LogP contribution in [0.25, 0.3) is 0 Å². The van der Waals surface area contributed by atoms with Crippen molar-refractivity contribution in [1.82, 2.24) is 4.90 Å². The molecule has 56 valence electrons. The molecule has 0 aromatic carbocycles. The average Bonchev–Trinajstić information content (AvgIpc) is 1.82. The van der Waals surface area contributed by atoms with Gasteiger partial charge in [-0.15, -0.1) is 0 Å². The van der Waals surface area contributed by atoms with Gasteiger partial charge in [0.25, 0.3) is 0 Å². The molecule has 0 fully saturated rings. The van der Waals surface area contributed by atoms with Gasteiger partial charge in [0.15, 0.2) is 0 Å². The molecule has 0 rings (SSSR count). The minimum atomic E-state index is -0.245.